The van der Waals surface area contributed by atoms with Crippen LogP contribution in [0.3, 0.4) is 0 Å². The smallest absolute Gasteiger partial charge is 0.134 e. The molecule has 0 bridgehead atoms. The van der Waals surface area contributed by atoms with Gasteiger partial charge in [-0.15, -0.1) is 11.3 Å². The number of rotatable bonds is 2. The SMILES string of the molecule is Cc1ccc(F)c(C(N)c2cc(Br)sc2C)c1F. The van der Waals surface area contributed by atoms with E-state index in [4.69, 9.17) is 5.73 Å². The van der Waals surface area contributed by atoms with Gasteiger partial charge in [-0.2, -0.15) is 0 Å². The molecule has 0 radical (unpaired) electrons. The molecule has 0 saturated heterocycles. The third-order valence-corrected chi connectivity index (χ3v) is 4.46. The fourth-order valence-electron chi connectivity index (χ4n) is 1.89. The molecule has 0 amide bonds. The third-order valence-electron chi connectivity index (χ3n) is 2.89. The molecule has 0 aliphatic heterocycles. The molecule has 1 aromatic heterocycles. The third kappa shape index (κ3) is 2.35. The Kier molecular flexibility index (Phi) is 3.84. The summed E-state index contributed by atoms with van der Waals surface area (Å²) in [6.07, 6.45) is 0. The van der Waals surface area contributed by atoms with E-state index in [0.717, 1.165) is 14.2 Å². The summed E-state index contributed by atoms with van der Waals surface area (Å²) in [4.78, 5) is 0.953. The van der Waals surface area contributed by atoms with Gasteiger partial charge >= 0.3 is 0 Å². The van der Waals surface area contributed by atoms with Crippen LogP contribution in [-0.2, 0) is 0 Å². The molecule has 1 atom stereocenters. The van der Waals surface area contributed by atoms with E-state index in [1.165, 1.54) is 23.5 Å². The van der Waals surface area contributed by atoms with E-state index in [2.05, 4.69) is 15.9 Å². The largest absolute Gasteiger partial charge is 0.320 e. The fraction of sp³-hybridized carbons (Fsp3) is 0.231. The Morgan fingerprint density at radius 1 is 1.28 bits per heavy atom. The van der Waals surface area contributed by atoms with Crippen molar-refractivity contribution in [1.82, 2.24) is 0 Å². The molecule has 2 rings (SSSR count). The zero-order chi connectivity index (χ0) is 13.4. The molecule has 0 spiro atoms. The van der Waals surface area contributed by atoms with Crippen molar-refractivity contribution in [2.75, 3.05) is 0 Å². The Balaban J connectivity index is 2.56. The quantitative estimate of drug-likeness (QED) is 0.864. The van der Waals surface area contributed by atoms with Crippen molar-refractivity contribution in [2.24, 2.45) is 5.73 Å². The molecule has 0 aliphatic carbocycles. The first-order chi connectivity index (χ1) is 8.41. The van der Waals surface area contributed by atoms with Gasteiger partial charge in [0.2, 0.25) is 0 Å². The molecule has 1 nitrogen and oxygen atoms in total. The van der Waals surface area contributed by atoms with Gasteiger partial charge in [0.15, 0.2) is 0 Å². The van der Waals surface area contributed by atoms with Gasteiger partial charge in [0.25, 0.3) is 0 Å². The minimum atomic E-state index is -0.785. The first-order valence-electron chi connectivity index (χ1n) is 5.37. The van der Waals surface area contributed by atoms with Gasteiger partial charge in [0.1, 0.15) is 11.6 Å². The molecule has 0 saturated carbocycles. The predicted molar refractivity (Wildman–Crippen MR) is 73.9 cm³/mol. The topological polar surface area (TPSA) is 26.0 Å². The first-order valence-corrected chi connectivity index (χ1v) is 6.98. The van der Waals surface area contributed by atoms with Gasteiger partial charge in [0.05, 0.1) is 9.83 Å². The fourth-order valence-corrected chi connectivity index (χ4v) is 3.64. The average molecular weight is 332 g/mol. The second-order valence-corrected chi connectivity index (χ2v) is 6.77. The lowest BCUT2D eigenvalue weighted by molar-refractivity contribution is 0.538. The zero-order valence-electron chi connectivity index (χ0n) is 9.93. The Morgan fingerprint density at radius 3 is 2.50 bits per heavy atom. The molecule has 2 N–H and O–H groups in total. The van der Waals surface area contributed by atoms with E-state index in [9.17, 15) is 8.78 Å². The summed E-state index contributed by atoms with van der Waals surface area (Å²) in [5, 5.41) is 0. The van der Waals surface area contributed by atoms with E-state index >= 15 is 0 Å². The Morgan fingerprint density at radius 2 is 1.94 bits per heavy atom. The minimum absolute atomic E-state index is 0.0663. The Labute approximate surface area is 117 Å². The van der Waals surface area contributed by atoms with E-state index in [0.29, 0.717) is 5.56 Å². The molecule has 1 unspecified atom stereocenters. The number of nitrogens with two attached hydrogens (primary N) is 1. The summed E-state index contributed by atoms with van der Waals surface area (Å²) < 4.78 is 28.7. The second-order valence-electron chi connectivity index (χ2n) is 4.13. The van der Waals surface area contributed by atoms with Crippen molar-refractivity contribution in [2.45, 2.75) is 19.9 Å². The zero-order valence-corrected chi connectivity index (χ0v) is 12.3. The normalized spacial score (nSPS) is 12.8. The van der Waals surface area contributed by atoms with Crippen LogP contribution in [0, 0.1) is 25.5 Å². The first kappa shape index (κ1) is 13.6. The van der Waals surface area contributed by atoms with Crippen molar-refractivity contribution in [1.29, 1.82) is 0 Å². The van der Waals surface area contributed by atoms with Gasteiger partial charge < -0.3 is 5.73 Å². The molecular weight excluding hydrogens is 320 g/mol. The van der Waals surface area contributed by atoms with Gasteiger partial charge in [-0.3, -0.25) is 0 Å². The highest BCUT2D eigenvalue weighted by molar-refractivity contribution is 9.11. The van der Waals surface area contributed by atoms with Crippen molar-refractivity contribution in [3.05, 3.63) is 55.2 Å². The van der Waals surface area contributed by atoms with E-state index < -0.39 is 17.7 Å². The summed E-state index contributed by atoms with van der Waals surface area (Å²) in [5.41, 5.74) is 7.08. The Bertz CT molecular complexity index is 595. The highest BCUT2D eigenvalue weighted by Crippen LogP contribution is 2.34. The van der Waals surface area contributed by atoms with Gasteiger partial charge in [-0.05, 0) is 53.0 Å². The monoisotopic (exact) mass is 331 g/mol. The highest BCUT2D eigenvalue weighted by atomic mass is 79.9. The maximum Gasteiger partial charge on any atom is 0.134 e. The molecular formula is C13H12BrF2NS. The van der Waals surface area contributed by atoms with Crippen molar-refractivity contribution in [3.8, 4) is 0 Å². The van der Waals surface area contributed by atoms with Crippen LogP contribution in [0.4, 0.5) is 8.78 Å². The molecule has 0 fully saturated rings. The van der Waals surface area contributed by atoms with Crippen LogP contribution in [0.1, 0.15) is 27.6 Å². The van der Waals surface area contributed by atoms with E-state index in [1.54, 1.807) is 6.92 Å². The lowest BCUT2D eigenvalue weighted by atomic mass is 9.97. The van der Waals surface area contributed by atoms with Crippen LogP contribution < -0.4 is 5.73 Å². The van der Waals surface area contributed by atoms with Crippen LogP contribution in [0.2, 0.25) is 0 Å². The molecule has 0 aliphatic rings. The second kappa shape index (κ2) is 5.07. The predicted octanol–water partition coefficient (Wildman–Crippen LogP) is 4.45. The van der Waals surface area contributed by atoms with Crippen molar-refractivity contribution >= 4 is 27.3 Å². The summed E-state index contributed by atoms with van der Waals surface area (Å²) in [6.45, 7) is 3.48. The molecule has 18 heavy (non-hydrogen) atoms. The van der Waals surface area contributed by atoms with Gasteiger partial charge in [0, 0.05) is 10.4 Å². The molecule has 2 aromatic rings. The summed E-state index contributed by atoms with van der Waals surface area (Å²) in [7, 11) is 0. The number of benzene rings is 1. The minimum Gasteiger partial charge on any atom is -0.320 e. The number of thiophene rings is 1. The van der Waals surface area contributed by atoms with Crippen LogP contribution in [0.15, 0.2) is 22.0 Å². The maximum absolute atomic E-state index is 14.0. The lowest BCUT2D eigenvalue weighted by Crippen LogP contribution is -2.16. The maximum atomic E-state index is 14.0. The van der Waals surface area contributed by atoms with Crippen molar-refractivity contribution in [3.63, 3.8) is 0 Å². The number of aryl methyl sites for hydroxylation is 2. The summed E-state index contributed by atoms with van der Waals surface area (Å²) >= 11 is 4.85. The van der Waals surface area contributed by atoms with Crippen LogP contribution in [0.25, 0.3) is 0 Å². The van der Waals surface area contributed by atoms with E-state index in [-0.39, 0.29) is 5.56 Å². The molecule has 1 heterocycles. The summed E-state index contributed by atoms with van der Waals surface area (Å²) in [6, 6.07) is 3.69. The molecule has 5 heteroatoms. The van der Waals surface area contributed by atoms with Crippen molar-refractivity contribution < 1.29 is 8.78 Å². The Hall–Kier alpha value is -0.780. The van der Waals surface area contributed by atoms with Crippen LogP contribution in [0.5, 0.6) is 0 Å². The number of halogens is 3. The number of hydrogen-bond donors (Lipinski definition) is 1. The molecule has 96 valence electrons. The van der Waals surface area contributed by atoms with Gasteiger partial charge in [-0.1, -0.05) is 6.07 Å². The standard InChI is InChI=1S/C13H12BrF2NS/c1-6-3-4-9(15)11(12(6)16)13(17)8-5-10(14)18-7(8)2/h3-5,13H,17H2,1-2H3. The molecule has 1 aromatic carbocycles. The average Bonchev–Trinajstić information content (AvgIpc) is 2.63. The van der Waals surface area contributed by atoms with Crippen LogP contribution >= 0.6 is 27.3 Å². The summed E-state index contributed by atoms with van der Waals surface area (Å²) in [5.74, 6) is -1.17. The highest BCUT2D eigenvalue weighted by Gasteiger charge is 2.22. The lowest BCUT2D eigenvalue weighted by Gasteiger charge is -2.15. The van der Waals surface area contributed by atoms with Gasteiger partial charge in [-0.25, -0.2) is 8.78 Å². The van der Waals surface area contributed by atoms with E-state index in [1.807, 2.05) is 13.0 Å². The number of hydrogen-bond acceptors (Lipinski definition) is 2. The van der Waals surface area contributed by atoms with Crippen LogP contribution in [-0.4, -0.2) is 0 Å².